The molecule has 0 aromatic heterocycles. The zero-order valence-electron chi connectivity index (χ0n) is 12.4. The van der Waals surface area contributed by atoms with Crippen molar-refractivity contribution in [3.8, 4) is 5.75 Å². The second-order valence-electron chi connectivity index (χ2n) is 5.10. The van der Waals surface area contributed by atoms with Crippen LogP contribution in [0.25, 0.3) is 0 Å². The number of benzene rings is 2. The van der Waals surface area contributed by atoms with Crippen LogP contribution < -0.4 is 4.74 Å². The number of hydrogen-bond acceptors (Lipinski definition) is 2. The molecule has 2 aromatic rings. The summed E-state index contributed by atoms with van der Waals surface area (Å²) in [4.78, 5) is 13.6. The van der Waals surface area contributed by atoms with Gasteiger partial charge in [-0.3, -0.25) is 4.79 Å². The van der Waals surface area contributed by atoms with E-state index in [2.05, 4.69) is 0 Å². The number of aryl methyl sites for hydroxylation is 1. The third-order valence-electron chi connectivity index (χ3n) is 3.05. The van der Waals surface area contributed by atoms with Crippen molar-refractivity contribution in [2.75, 3.05) is 14.1 Å². The fraction of sp³-hybridized carbons (Fsp3) is 0.235. The highest BCUT2D eigenvalue weighted by Gasteiger charge is 2.19. The fourth-order valence-corrected chi connectivity index (χ4v) is 2.01. The first-order valence-corrected chi connectivity index (χ1v) is 6.67. The summed E-state index contributed by atoms with van der Waals surface area (Å²) in [5.41, 5.74) is 1.85. The summed E-state index contributed by atoms with van der Waals surface area (Å²) in [6, 6.07) is 12.5. The minimum atomic E-state index is -0.517. The van der Waals surface area contributed by atoms with Gasteiger partial charge in [0.25, 0.3) is 5.91 Å². The maximum atomic E-state index is 14.1. The molecular formula is C17H18FNO2. The van der Waals surface area contributed by atoms with Crippen LogP contribution in [0.3, 0.4) is 0 Å². The van der Waals surface area contributed by atoms with E-state index in [1.165, 1.54) is 11.0 Å². The molecule has 1 amide bonds. The Hall–Kier alpha value is -2.36. The maximum absolute atomic E-state index is 14.1. The lowest BCUT2D eigenvalue weighted by molar-refractivity contribution is 0.0821. The molecule has 0 saturated heterocycles. The molecule has 3 nitrogen and oxygen atoms in total. The van der Waals surface area contributed by atoms with Crippen molar-refractivity contribution < 1.29 is 13.9 Å². The Kier molecular flexibility index (Phi) is 4.58. The number of nitrogens with zero attached hydrogens (tertiary/aromatic N) is 1. The van der Waals surface area contributed by atoms with E-state index in [0.717, 1.165) is 5.56 Å². The van der Waals surface area contributed by atoms with Gasteiger partial charge in [0.05, 0.1) is 5.56 Å². The van der Waals surface area contributed by atoms with Gasteiger partial charge < -0.3 is 9.64 Å². The van der Waals surface area contributed by atoms with Crippen LogP contribution >= 0.6 is 0 Å². The van der Waals surface area contributed by atoms with Gasteiger partial charge in [0.15, 0.2) is 11.6 Å². The molecule has 0 saturated carbocycles. The van der Waals surface area contributed by atoms with E-state index < -0.39 is 5.82 Å². The van der Waals surface area contributed by atoms with Crippen LogP contribution in [0.2, 0.25) is 0 Å². The van der Waals surface area contributed by atoms with Crippen molar-refractivity contribution in [3.63, 3.8) is 0 Å². The first-order chi connectivity index (χ1) is 9.99. The van der Waals surface area contributed by atoms with Crippen molar-refractivity contribution in [1.29, 1.82) is 0 Å². The Balaban J connectivity index is 2.31. The highest BCUT2D eigenvalue weighted by Crippen LogP contribution is 2.26. The molecule has 110 valence electrons. The van der Waals surface area contributed by atoms with Crippen LogP contribution in [0.4, 0.5) is 4.39 Å². The number of amides is 1. The molecule has 21 heavy (non-hydrogen) atoms. The number of rotatable bonds is 4. The van der Waals surface area contributed by atoms with E-state index in [-0.39, 0.29) is 23.8 Å². The Bertz CT molecular complexity index is 639. The van der Waals surface area contributed by atoms with Gasteiger partial charge in [-0.1, -0.05) is 30.3 Å². The quantitative estimate of drug-likeness (QED) is 0.862. The van der Waals surface area contributed by atoms with Crippen molar-refractivity contribution >= 4 is 5.91 Å². The monoisotopic (exact) mass is 287 g/mol. The van der Waals surface area contributed by atoms with E-state index in [9.17, 15) is 9.18 Å². The maximum Gasteiger partial charge on any atom is 0.257 e. The minimum Gasteiger partial charge on any atom is -0.485 e. The third-order valence-corrected chi connectivity index (χ3v) is 3.05. The average molecular weight is 287 g/mol. The van der Waals surface area contributed by atoms with Crippen molar-refractivity contribution in [2.45, 2.75) is 13.5 Å². The van der Waals surface area contributed by atoms with Crippen LogP contribution in [0.1, 0.15) is 21.5 Å². The predicted octanol–water partition coefficient (Wildman–Crippen LogP) is 3.41. The standard InChI is InChI=1S/C17H18FNO2/c1-12-9-14(17(20)19(2)3)16(15(18)10-12)21-11-13-7-5-4-6-8-13/h4-10H,11H2,1-3H3. The van der Waals surface area contributed by atoms with Gasteiger partial charge in [-0.25, -0.2) is 4.39 Å². The number of hydrogen-bond donors (Lipinski definition) is 0. The molecule has 2 aromatic carbocycles. The van der Waals surface area contributed by atoms with E-state index in [4.69, 9.17) is 4.74 Å². The first kappa shape index (κ1) is 15.0. The number of halogens is 1. The van der Waals surface area contributed by atoms with Crippen molar-refractivity contribution in [2.24, 2.45) is 0 Å². The lowest BCUT2D eigenvalue weighted by Crippen LogP contribution is -2.23. The molecule has 0 unspecified atom stereocenters. The van der Waals surface area contributed by atoms with Crippen LogP contribution in [0.5, 0.6) is 5.75 Å². The molecule has 0 aliphatic carbocycles. The molecular weight excluding hydrogens is 269 g/mol. The Labute approximate surface area is 124 Å². The van der Waals surface area contributed by atoms with Crippen LogP contribution in [0.15, 0.2) is 42.5 Å². The summed E-state index contributed by atoms with van der Waals surface area (Å²) >= 11 is 0. The number of carbonyl (C=O) groups excluding carboxylic acids is 1. The molecule has 0 spiro atoms. The van der Waals surface area contributed by atoms with Crippen LogP contribution in [-0.4, -0.2) is 24.9 Å². The van der Waals surface area contributed by atoms with Crippen molar-refractivity contribution in [1.82, 2.24) is 4.90 Å². The van der Waals surface area contributed by atoms with Gasteiger partial charge in [-0.15, -0.1) is 0 Å². The second-order valence-corrected chi connectivity index (χ2v) is 5.10. The topological polar surface area (TPSA) is 29.5 Å². The fourth-order valence-electron chi connectivity index (χ4n) is 2.01. The molecule has 0 heterocycles. The van der Waals surface area contributed by atoms with Gasteiger partial charge in [-0.2, -0.15) is 0 Å². The van der Waals surface area contributed by atoms with Gasteiger partial charge in [0, 0.05) is 14.1 Å². The Morgan fingerprint density at radius 3 is 2.48 bits per heavy atom. The zero-order valence-corrected chi connectivity index (χ0v) is 12.4. The molecule has 0 aliphatic rings. The largest absolute Gasteiger partial charge is 0.485 e. The molecule has 2 rings (SSSR count). The summed E-state index contributed by atoms with van der Waals surface area (Å²) in [6.07, 6.45) is 0. The molecule has 0 fully saturated rings. The van der Waals surface area contributed by atoms with E-state index in [0.29, 0.717) is 5.56 Å². The molecule has 0 aliphatic heterocycles. The molecule has 0 radical (unpaired) electrons. The summed E-state index contributed by atoms with van der Waals surface area (Å²) in [5.74, 6) is -0.792. The van der Waals surface area contributed by atoms with Crippen molar-refractivity contribution in [3.05, 3.63) is 65.0 Å². The number of carbonyl (C=O) groups is 1. The molecule has 0 bridgehead atoms. The highest BCUT2D eigenvalue weighted by molar-refractivity contribution is 5.96. The smallest absolute Gasteiger partial charge is 0.257 e. The first-order valence-electron chi connectivity index (χ1n) is 6.67. The summed E-state index contributed by atoms with van der Waals surface area (Å²) in [7, 11) is 3.26. The predicted molar refractivity (Wildman–Crippen MR) is 79.9 cm³/mol. The van der Waals surface area contributed by atoms with Gasteiger partial charge in [-0.05, 0) is 30.2 Å². The molecule has 0 N–H and O–H groups in total. The van der Waals surface area contributed by atoms with Crippen LogP contribution in [0, 0.1) is 12.7 Å². The summed E-state index contributed by atoms with van der Waals surface area (Å²) in [5, 5.41) is 0. The average Bonchev–Trinajstić information content (AvgIpc) is 2.45. The normalized spacial score (nSPS) is 10.3. The lowest BCUT2D eigenvalue weighted by atomic mass is 10.1. The Morgan fingerprint density at radius 2 is 1.86 bits per heavy atom. The number of ether oxygens (including phenoxy) is 1. The van der Waals surface area contributed by atoms with E-state index >= 15 is 0 Å². The highest BCUT2D eigenvalue weighted by atomic mass is 19.1. The SMILES string of the molecule is Cc1cc(F)c(OCc2ccccc2)c(C(=O)N(C)C)c1. The third kappa shape index (κ3) is 3.60. The lowest BCUT2D eigenvalue weighted by Gasteiger charge is -2.16. The Morgan fingerprint density at radius 1 is 1.19 bits per heavy atom. The van der Waals surface area contributed by atoms with Gasteiger partial charge in [0.2, 0.25) is 0 Å². The van der Waals surface area contributed by atoms with Crippen LogP contribution in [-0.2, 0) is 6.61 Å². The summed E-state index contributed by atoms with van der Waals surface area (Å²) < 4.78 is 19.7. The summed E-state index contributed by atoms with van der Waals surface area (Å²) in [6.45, 7) is 1.96. The second kappa shape index (κ2) is 6.39. The van der Waals surface area contributed by atoms with E-state index in [1.807, 2.05) is 30.3 Å². The molecule has 4 heteroatoms. The zero-order chi connectivity index (χ0) is 15.4. The molecule has 0 atom stereocenters. The van der Waals surface area contributed by atoms with E-state index in [1.54, 1.807) is 27.1 Å². The van der Waals surface area contributed by atoms with Gasteiger partial charge >= 0.3 is 0 Å². The van der Waals surface area contributed by atoms with Gasteiger partial charge in [0.1, 0.15) is 6.61 Å². The minimum absolute atomic E-state index is 0.00292.